The van der Waals surface area contributed by atoms with E-state index in [-0.39, 0.29) is 0 Å². The molecule has 6 nitrogen and oxygen atoms in total. The van der Waals surface area contributed by atoms with Crippen molar-refractivity contribution in [2.75, 3.05) is 25.0 Å². The predicted octanol–water partition coefficient (Wildman–Crippen LogP) is 2.91. The molecule has 0 fully saturated rings. The smallest absolute Gasteiger partial charge is 0.191 e. The number of para-hydroxylation sites is 1. The van der Waals surface area contributed by atoms with E-state index in [2.05, 4.69) is 70.7 Å². The van der Waals surface area contributed by atoms with E-state index in [1.165, 1.54) is 11.3 Å². The Morgan fingerprint density at radius 1 is 1.27 bits per heavy atom. The van der Waals surface area contributed by atoms with Crippen LogP contribution in [-0.2, 0) is 13.0 Å². The van der Waals surface area contributed by atoms with E-state index in [1.807, 2.05) is 6.07 Å². The van der Waals surface area contributed by atoms with E-state index in [0.29, 0.717) is 18.5 Å². The highest BCUT2D eigenvalue weighted by atomic mass is 16.5. The van der Waals surface area contributed by atoms with Gasteiger partial charge in [-0.25, -0.2) is 0 Å². The maximum absolute atomic E-state index is 5.36. The molecule has 1 atom stereocenters. The van der Waals surface area contributed by atoms with Crippen LogP contribution in [0.3, 0.4) is 0 Å². The van der Waals surface area contributed by atoms with Gasteiger partial charge in [0.1, 0.15) is 0 Å². The van der Waals surface area contributed by atoms with Gasteiger partial charge in [-0.05, 0) is 30.9 Å². The molecule has 2 heterocycles. The van der Waals surface area contributed by atoms with E-state index < -0.39 is 0 Å². The van der Waals surface area contributed by atoms with Crippen LogP contribution in [0.1, 0.15) is 43.7 Å². The average Bonchev–Trinajstić information content (AvgIpc) is 3.28. The minimum atomic E-state index is 0.370. The van der Waals surface area contributed by atoms with Crippen molar-refractivity contribution in [2.24, 2.45) is 4.99 Å². The lowest BCUT2D eigenvalue weighted by atomic mass is 10.1. The summed E-state index contributed by atoms with van der Waals surface area (Å²) in [7, 11) is 1.78. The molecular weight excluding hydrogens is 326 g/mol. The summed E-state index contributed by atoms with van der Waals surface area (Å²) in [5.74, 6) is 1.96. The lowest BCUT2D eigenvalue weighted by Gasteiger charge is -2.28. The fourth-order valence-electron chi connectivity index (χ4n) is 3.25. The first-order valence-electron chi connectivity index (χ1n) is 9.33. The third-order valence-corrected chi connectivity index (χ3v) is 4.84. The van der Waals surface area contributed by atoms with Gasteiger partial charge in [0, 0.05) is 37.9 Å². The molecule has 0 spiro atoms. The number of hydrogen-bond acceptors (Lipinski definition) is 4. The first-order valence-corrected chi connectivity index (χ1v) is 9.33. The van der Waals surface area contributed by atoms with Crippen LogP contribution in [0.5, 0.6) is 0 Å². The van der Waals surface area contributed by atoms with E-state index >= 15 is 0 Å². The van der Waals surface area contributed by atoms with Crippen molar-refractivity contribution in [3.8, 4) is 0 Å². The van der Waals surface area contributed by atoms with Crippen molar-refractivity contribution in [3.05, 3.63) is 47.3 Å². The number of anilines is 1. The van der Waals surface area contributed by atoms with Crippen LogP contribution in [0.15, 0.2) is 39.8 Å². The van der Waals surface area contributed by atoms with Gasteiger partial charge >= 0.3 is 0 Å². The third kappa shape index (κ3) is 4.18. The first-order chi connectivity index (χ1) is 12.6. The Kier molecular flexibility index (Phi) is 5.81. The van der Waals surface area contributed by atoms with E-state index in [0.717, 1.165) is 36.9 Å². The molecule has 0 amide bonds. The lowest BCUT2D eigenvalue weighted by Crippen LogP contribution is -2.45. The van der Waals surface area contributed by atoms with E-state index in [9.17, 15) is 0 Å². The molecule has 1 aliphatic heterocycles. The van der Waals surface area contributed by atoms with Gasteiger partial charge in [-0.3, -0.25) is 4.99 Å². The number of hydrogen-bond donors (Lipinski definition) is 2. The standard InChI is InChI=1S/C20H29N5O/c1-14(2)18-11-17(26-24-18)13-23-20(21-4)22-12-15(3)25-10-9-16-7-5-6-8-19(16)25/h5-8,11,14-15H,9-10,12-13H2,1-4H3,(H2,21,22,23). The number of nitrogens with one attached hydrogen (secondary N) is 2. The summed E-state index contributed by atoms with van der Waals surface area (Å²) in [6, 6.07) is 11.0. The number of fused-ring (bicyclic) bond motifs is 1. The largest absolute Gasteiger partial charge is 0.366 e. The molecule has 2 N–H and O–H groups in total. The summed E-state index contributed by atoms with van der Waals surface area (Å²) in [5, 5.41) is 10.8. The maximum Gasteiger partial charge on any atom is 0.191 e. The summed E-state index contributed by atoms with van der Waals surface area (Å²) in [4.78, 5) is 6.76. The average molecular weight is 355 g/mol. The molecule has 1 unspecified atom stereocenters. The zero-order chi connectivity index (χ0) is 18.5. The molecule has 2 aromatic rings. The highest BCUT2D eigenvalue weighted by molar-refractivity contribution is 5.79. The summed E-state index contributed by atoms with van der Waals surface area (Å²) in [6.45, 7) is 8.92. The molecule has 0 bridgehead atoms. The second kappa shape index (κ2) is 8.25. The zero-order valence-corrected chi connectivity index (χ0v) is 16.1. The zero-order valence-electron chi connectivity index (χ0n) is 16.1. The van der Waals surface area contributed by atoms with Crippen molar-refractivity contribution in [1.82, 2.24) is 15.8 Å². The second-order valence-corrected chi connectivity index (χ2v) is 7.10. The molecule has 140 valence electrons. The van der Waals surface area contributed by atoms with Crippen LogP contribution >= 0.6 is 0 Å². The Labute approximate surface area is 155 Å². The van der Waals surface area contributed by atoms with E-state index in [4.69, 9.17) is 4.52 Å². The molecule has 26 heavy (non-hydrogen) atoms. The SMILES string of the molecule is CN=C(NCc1cc(C(C)C)no1)NCC(C)N1CCc2ccccc21. The molecule has 1 aliphatic rings. The molecule has 1 aromatic carbocycles. The van der Waals surface area contributed by atoms with Crippen molar-refractivity contribution in [3.63, 3.8) is 0 Å². The number of aromatic nitrogens is 1. The Balaban J connectivity index is 1.49. The third-order valence-electron chi connectivity index (χ3n) is 4.84. The van der Waals surface area contributed by atoms with Gasteiger partial charge < -0.3 is 20.1 Å². The Morgan fingerprint density at radius 3 is 2.81 bits per heavy atom. The van der Waals surface area contributed by atoms with E-state index in [1.54, 1.807) is 7.05 Å². The number of nitrogens with zero attached hydrogens (tertiary/aromatic N) is 3. The minimum absolute atomic E-state index is 0.370. The lowest BCUT2D eigenvalue weighted by molar-refractivity contribution is 0.372. The van der Waals surface area contributed by atoms with Gasteiger partial charge in [-0.15, -0.1) is 0 Å². The summed E-state index contributed by atoms with van der Waals surface area (Å²) >= 11 is 0. The molecule has 0 saturated heterocycles. The summed E-state index contributed by atoms with van der Waals surface area (Å²) in [5.41, 5.74) is 3.77. The number of benzene rings is 1. The quantitative estimate of drug-likeness (QED) is 0.616. The highest BCUT2D eigenvalue weighted by Crippen LogP contribution is 2.28. The Hall–Kier alpha value is -2.50. The number of guanidine groups is 1. The molecule has 0 aliphatic carbocycles. The maximum atomic E-state index is 5.36. The van der Waals surface area contributed by atoms with Crippen molar-refractivity contribution in [1.29, 1.82) is 0 Å². The van der Waals surface area contributed by atoms with Gasteiger partial charge in [0.05, 0.1) is 12.2 Å². The number of rotatable bonds is 6. The molecule has 6 heteroatoms. The summed E-state index contributed by atoms with van der Waals surface area (Å²) < 4.78 is 5.36. The van der Waals surface area contributed by atoms with Gasteiger partial charge in [-0.1, -0.05) is 37.2 Å². The fourth-order valence-corrected chi connectivity index (χ4v) is 3.25. The molecule has 3 rings (SSSR count). The normalized spacial score (nSPS) is 15.3. The van der Waals surface area contributed by atoms with Crippen LogP contribution < -0.4 is 15.5 Å². The van der Waals surface area contributed by atoms with Crippen LogP contribution in [-0.4, -0.2) is 37.3 Å². The van der Waals surface area contributed by atoms with Crippen molar-refractivity contribution in [2.45, 2.75) is 45.7 Å². The van der Waals surface area contributed by atoms with Crippen molar-refractivity contribution >= 4 is 11.6 Å². The van der Waals surface area contributed by atoms with Gasteiger partial charge in [-0.2, -0.15) is 0 Å². The molecular formula is C20H29N5O. The summed E-state index contributed by atoms with van der Waals surface area (Å²) in [6.07, 6.45) is 1.12. The van der Waals surface area contributed by atoms with Crippen LogP contribution in [0.2, 0.25) is 0 Å². The van der Waals surface area contributed by atoms with Gasteiger partial charge in [0.25, 0.3) is 0 Å². The van der Waals surface area contributed by atoms with Gasteiger partial charge in [0.15, 0.2) is 11.7 Å². The fraction of sp³-hybridized carbons (Fsp3) is 0.500. The van der Waals surface area contributed by atoms with Crippen molar-refractivity contribution < 1.29 is 4.52 Å². The topological polar surface area (TPSA) is 65.7 Å². The molecule has 0 saturated carbocycles. The van der Waals surface area contributed by atoms with Crippen LogP contribution in [0.25, 0.3) is 0 Å². The number of aliphatic imine (C=N–C) groups is 1. The monoisotopic (exact) mass is 355 g/mol. The molecule has 0 radical (unpaired) electrons. The first kappa shape index (κ1) is 18.3. The highest BCUT2D eigenvalue weighted by Gasteiger charge is 2.22. The predicted molar refractivity (Wildman–Crippen MR) is 106 cm³/mol. The Bertz CT molecular complexity index is 752. The Morgan fingerprint density at radius 2 is 2.08 bits per heavy atom. The minimum Gasteiger partial charge on any atom is -0.366 e. The second-order valence-electron chi connectivity index (χ2n) is 7.10. The van der Waals surface area contributed by atoms with Gasteiger partial charge in [0.2, 0.25) is 0 Å². The molecule has 1 aromatic heterocycles. The van der Waals surface area contributed by atoms with Crippen LogP contribution in [0.4, 0.5) is 5.69 Å². The van der Waals surface area contributed by atoms with Crippen LogP contribution in [0, 0.1) is 0 Å².